The normalized spacial score (nSPS) is 12.0. The second-order valence-corrected chi connectivity index (χ2v) is 7.03. The maximum Gasteiger partial charge on any atom is 0.277 e. The summed E-state index contributed by atoms with van der Waals surface area (Å²) in [7, 11) is 0. The number of anilines is 2. The largest absolute Gasteiger partial charge is 0.393 e. The first-order valence-electron chi connectivity index (χ1n) is 8.24. The van der Waals surface area contributed by atoms with Crippen LogP contribution in [0.2, 0.25) is 0 Å². The highest BCUT2D eigenvalue weighted by Gasteiger charge is 2.24. The van der Waals surface area contributed by atoms with Crippen molar-refractivity contribution in [2.75, 3.05) is 11.9 Å². The Morgan fingerprint density at radius 1 is 1.18 bits per heavy atom. The number of aliphatic hydroxyl groups excluding tert-OH is 1. The molecule has 10 heteroatoms. The van der Waals surface area contributed by atoms with Crippen molar-refractivity contribution in [3.8, 4) is 0 Å². The molecule has 0 saturated heterocycles. The zero-order valence-corrected chi connectivity index (χ0v) is 16.8. The minimum absolute atomic E-state index is 0.0541. The van der Waals surface area contributed by atoms with Crippen LogP contribution < -0.4 is 10.8 Å². The first-order valence-corrected chi connectivity index (χ1v) is 9.32. The average Bonchev–Trinajstić information content (AvgIpc) is 2.66. The van der Waals surface area contributed by atoms with E-state index in [0.717, 1.165) is 6.07 Å². The van der Waals surface area contributed by atoms with Gasteiger partial charge >= 0.3 is 0 Å². The monoisotopic (exact) mass is 512 g/mol. The zero-order valence-electron chi connectivity index (χ0n) is 14.7. The molecule has 0 saturated carbocycles. The number of rotatable bonds is 8. The fourth-order valence-corrected chi connectivity index (χ4v) is 2.65. The third kappa shape index (κ3) is 5.55. The molecule has 0 heterocycles. The van der Waals surface area contributed by atoms with Crippen LogP contribution in [0.25, 0.3) is 0 Å². The fraction of sp³-hybridized carbons (Fsp3) is 0.278. The van der Waals surface area contributed by atoms with Crippen molar-refractivity contribution in [2.45, 2.75) is 25.9 Å². The van der Waals surface area contributed by atoms with Crippen molar-refractivity contribution in [3.05, 3.63) is 56.7 Å². The van der Waals surface area contributed by atoms with E-state index in [4.69, 9.17) is 4.84 Å². The predicted octanol–water partition coefficient (Wildman–Crippen LogP) is 4.41. The standard InChI is InChI=1S/C18H17F4IN2O3/c1-2-10(26)5-6-28-25-18(27)11-8-13(20)15(21)16(22)17(11)24-14-4-3-9(23)7-12(14)19/h3-4,7-8,10,24,26H,2,5-6H2,1H3,(H,25,27). The molecule has 1 atom stereocenters. The second kappa shape index (κ2) is 10.0. The van der Waals surface area contributed by atoms with Gasteiger partial charge in [-0.15, -0.1) is 0 Å². The smallest absolute Gasteiger partial charge is 0.277 e. The Morgan fingerprint density at radius 3 is 2.54 bits per heavy atom. The van der Waals surface area contributed by atoms with Gasteiger partial charge in [-0.3, -0.25) is 9.63 Å². The molecular weight excluding hydrogens is 495 g/mol. The molecule has 28 heavy (non-hydrogen) atoms. The van der Waals surface area contributed by atoms with Crippen LogP contribution >= 0.6 is 22.6 Å². The Morgan fingerprint density at radius 2 is 1.89 bits per heavy atom. The molecule has 0 aliphatic heterocycles. The molecule has 1 unspecified atom stereocenters. The fourth-order valence-electron chi connectivity index (χ4n) is 2.19. The quantitative estimate of drug-likeness (QED) is 0.161. The van der Waals surface area contributed by atoms with E-state index < -0.39 is 46.5 Å². The molecule has 0 aliphatic rings. The van der Waals surface area contributed by atoms with Crippen LogP contribution in [0.4, 0.5) is 28.9 Å². The highest BCUT2D eigenvalue weighted by atomic mass is 127. The molecule has 0 bridgehead atoms. The number of nitrogens with one attached hydrogen (secondary N) is 2. The van der Waals surface area contributed by atoms with Crippen LogP contribution in [0.1, 0.15) is 30.1 Å². The van der Waals surface area contributed by atoms with Crippen molar-refractivity contribution in [1.29, 1.82) is 0 Å². The Bertz CT molecular complexity index is 867. The van der Waals surface area contributed by atoms with Crippen LogP contribution in [0.3, 0.4) is 0 Å². The summed E-state index contributed by atoms with van der Waals surface area (Å²) in [5.74, 6) is -6.91. The number of carbonyl (C=O) groups is 1. The van der Waals surface area contributed by atoms with Gasteiger partial charge in [0.25, 0.3) is 5.91 Å². The van der Waals surface area contributed by atoms with Crippen molar-refractivity contribution >= 4 is 39.9 Å². The van der Waals surface area contributed by atoms with Crippen LogP contribution in [0, 0.1) is 26.8 Å². The molecule has 0 aromatic heterocycles. The van der Waals surface area contributed by atoms with E-state index in [2.05, 4.69) is 5.32 Å². The van der Waals surface area contributed by atoms with Gasteiger partial charge in [-0.25, -0.2) is 23.0 Å². The van der Waals surface area contributed by atoms with E-state index in [0.29, 0.717) is 16.1 Å². The molecule has 1 amide bonds. The summed E-state index contributed by atoms with van der Waals surface area (Å²) in [6.45, 7) is 1.70. The molecule has 0 radical (unpaired) electrons. The maximum absolute atomic E-state index is 14.3. The Kier molecular flexibility index (Phi) is 8.01. The van der Waals surface area contributed by atoms with Crippen molar-refractivity contribution < 1.29 is 32.3 Å². The summed E-state index contributed by atoms with van der Waals surface area (Å²) in [6.07, 6.45) is 0.0853. The summed E-state index contributed by atoms with van der Waals surface area (Å²) < 4.78 is 56.1. The maximum atomic E-state index is 14.3. The molecule has 0 fully saturated rings. The van der Waals surface area contributed by atoms with Gasteiger partial charge < -0.3 is 10.4 Å². The minimum atomic E-state index is -1.81. The summed E-state index contributed by atoms with van der Waals surface area (Å²) in [6, 6.07) is 4.39. The van der Waals surface area contributed by atoms with Crippen molar-refractivity contribution in [1.82, 2.24) is 5.48 Å². The van der Waals surface area contributed by atoms with E-state index >= 15 is 0 Å². The first kappa shape index (κ1) is 22.4. The minimum Gasteiger partial charge on any atom is -0.393 e. The van der Waals surface area contributed by atoms with Gasteiger partial charge in [-0.05, 0) is 59.7 Å². The van der Waals surface area contributed by atoms with E-state index in [1.807, 2.05) is 28.1 Å². The highest BCUT2D eigenvalue weighted by Crippen LogP contribution is 2.30. The number of carbonyl (C=O) groups excluding carboxylic acids is 1. The van der Waals surface area contributed by atoms with Gasteiger partial charge in [0.2, 0.25) is 0 Å². The summed E-state index contributed by atoms with van der Waals surface area (Å²) >= 11 is 1.86. The van der Waals surface area contributed by atoms with Gasteiger partial charge in [0.15, 0.2) is 17.5 Å². The lowest BCUT2D eigenvalue weighted by Gasteiger charge is -2.15. The summed E-state index contributed by atoms with van der Waals surface area (Å²) in [4.78, 5) is 17.1. The number of aliphatic hydroxyl groups is 1. The number of hydrogen-bond donors (Lipinski definition) is 3. The molecule has 2 rings (SSSR count). The molecular formula is C18H17F4IN2O3. The lowest BCUT2D eigenvalue weighted by atomic mass is 10.1. The van der Waals surface area contributed by atoms with Crippen LogP contribution in [-0.2, 0) is 4.84 Å². The van der Waals surface area contributed by atoms with Gasteiger partial charge in [0, 0.05) is 3.57 Å². The molecule has 3 N–H and O–H groups in total. The Hall–Kier alpha value is -1.92. The predicted molar refractivity (Wildman–Crippen MR) is 103 cm³/mol. The van der Waals surface area contributed by atoms with Crippen LogP contribution in [-0.4, -0.2) is 23.7 Å². The Labute approximate surface area is 172 Å². The Balaban J connectivity index is 2.26. The van der Waals surface area contributed by atoms with E-state index in [1.165, 1.54) is 12.1 Å². The lowest BCUT2D eigenvalue weighted by Crippen LogP contribution is -2.27. The van der Waals surface area contributed by atoms with Crippen LogP contribution in [0.5, 0.6) is 0 Å². The molecule has 5 nitrogen and oxygen atoms in total. The van der Waals surface area contributed by atoms with E-state index in [9.17, 15) is 27.5 Å². The third-order valence-electron chi connectivity index (χ3n) is 3.79. The average molecular weight is 512 g/mol. The lowest BCUT2D eigenvalue weighted by molar-refractivity contribution is 0.0161. The highest BCUT2D eigenvalue weighted by molar-refractivity contribution is 14.1. The van der Waals surface area contributed by atoms with Gasteiger partial charge in [0.1, 0.15) is 5.82 Å². The molecule has 2 aromatic rings. The SMILES string of the molecule is CCC(O)CCONC(=O)c1cc(F)c(F)c(F)c1Nc1ccc(I)cc1F. The number of hydrogen-bond acceptors (Lipinski definition) is 4. The second-order valence-electron chi connectivity index (χ2n) is 5.79. The van der Waals surface area contributed by atoms with Crippen LogP contribution in [0.15, 0.2) is 24.3 Å². The van der Waals surface area contributed by atoms with E-state index in [-0.39, 0.29) is 18.7 Å². The van der Waals surface area contributed by atoms with Gasteiger partial charge in [-0.1, -0.05) is 6.92 Å². The third-order valence-corrected chi connectivity index (χ3v) is 4.46. The zero-order chi connectivity index (χ0) is 20.8. The van der Waals surface area contributed by atoms with Crippen molar-refractivity contribution in [2.24, 2.45) is 0 Å². The molecule has 2 aromatic carbocycles. The van der Waals surface area contributed by atoms with E-state index in [1.54, 1.807) is 6.92 Å². The van der Waals surface area contributed by atoms with Gasteiger partial charge in [0.05, 0.1) is 29.6 Å². The first-order chi connectivity index (χ1) is 13.2. The summed E-state index contributed by atoms with van der Waals surface area (Å²) in [5, 5.41) is 11.7. The van der Waals surface area contributed by atoms with Gasteiger partial charge in [-0.2, -0.15) is 0 Å². The molecule has 152 valence electrons. The van der Waals surface area contributed by atoms with Crippen molar-refractivity contribution in [3.63, 3.8) is 0 Å². The topological polar surface area (TPSA) is 70.6 Å². The summed E-state index contributed by atoms with van der Waals surface area (Å²) in [5.41, 5.74) is 0.369. The number of amides is 1. The number of hydroxylamine groups is 1. The number of halogens is 5. The molecule has 0 aliphatic carbocycles. The molecule has 0 spiro atoms. The number of benzene rings is 2.